The van der Waals surface area contributed by atoms with Gasteiger partial charge in [0.15, 0.2) is 0 Å². The number of hydrogen-bond acceptors (Lipinski definition) is 4. The Labute approximate surface area is 127 Å². The summed E-state index contributed by atoms with van der Waals surface area (Å²) in [6.45, 7) is -0.295. The van der Waals surface area contributed by atoms with Crippen LogP contribution in [0.4, 0.5) is 11.4 Å². The van der Waals surface area contributed by atoms with E-state index in [1.807, 2.05) is 0 Å². The standard InChI is InChI=1S/C13H10BrN3O4/c14-9-1-3-10(4-2-9)15-12(18)8-16-7-11(17(20)21)5-6-13(16)19/h1-7H,8H2,(H,15,18). The van der Waals surface area contributed by atoms with Crippen molar-refractivity contribution in [3.63, 3.8) is 0 Å². The van der Waals surface area contributed by atoms with Gasteiger partial charge in [-0.15, -0.1) is 0 Å². The van der Waals surface area contributed by atoms with Crippen molar-refractivity contribution in [1.29, 1.82) is 0 Å². The quantitative estimate of drug-likeness (QED) is 0.674. The van der Waals surface area contributed by atoms with Gasteiger partial charge >= 0.3 is 0 Å². The van der Waals surface area contributed by atoms with Crippen LogP contribution in [0, 0.1) is 10.1 Å². The molecule has 1 heterocycles. The summed E-state index contributed by atoms with van der Waals surface area (Å²) < 4.78 is 1.86. The van der Waals surface area contributed by atoms with E-state index in [0.29, 0.717) is 5.69 Å². The van der Waals surface area contributed by atoms with E-state index >= 15 is 0 Å². The monoisotopic (exact) mass is 351 g/mol. The summed E-state index contributed by atoms with van der Waals surface area (Å²) in [5.74, 6) is -0.445. The zero-order valence-corrected chi connectivity index (χ0v) is 12.2. The molecular weight excluding hydrogens is 342 g/mol. The molecule has 0 aliphatic heterocycles. The van der Waals surface area contributed by atoms with Crippen molar-refractivity contribution < 1.29 is 9.72 Å². The number of halogens is 1. The zero-order valence-electron chi connectivity index (χ0n) is 10.7. The maximum absolute atomic E-state index is 11.8. The topological polar surface area (TPSA) is 94.2 Å². The Morgan fingerprint density at radius 2 is 1.90 bits per heavy atom. The van der Waals surface area contributed by atoms with Crippen LogP contribution in [0.1, 0.15) is 0 Å². The Bertz CT molecular complexity index is 740. The van der Waals surface area contributed by atoms with Crippen molar-refractivity contribution in [1.82, 2.24) is 4.57 Å². The lowest BCUT2D eigenvalue weighted by Crippen LogP contribution is -2.26. The van der Waals surface area contributed by atoms with Crippen LogP contribution in [0.5, 0.6) is 0 Å². The molecule has 0 saturated carbocycles. The third-order valence-electron chi connectivity index (χ3n) is 2.62. The third kappa shape index (κ3) is 3.99. The van der Waals surface area contributed by atoms with Gasteiger partial charge in [0.1, 0.15) is 6.54 Å². The van der Waals surface area contributed by atoms with E-state index in [1.54, 1.807) is 24.3 Å². The maximum atomic E-state index is 11.8. The summed E-state index contributed by atoms with van der Waals surface area (Å²) in [5, 5.41) is 13.3. The summed E-state index contributed by atoms with van der Waals surface area (Å²) in [6, 6.07) is 9.07. The maximum Gasteiger partial charge on any atom is 0.285 e. The van der Waals surface area contributed by atoms with Crippen LogP contribution in [0.3, 0.4) is 0 Å². The molecule has 0 atom stereocenters. The van der Waals surface area contributed by atoms with Crippen molar-refractivity contribution in [2.45, 2.75) is 6.54 Å². The first-order chi connectivity index (χ1) is 9.95. The van der Waals surface area contributed by atoms with Crippen molar-refractivity contribution in [3.05, 3.63) is 67.5 Å². The minimum absolute atomic E-state index is 0.244. The van der Waals surface area contributed by atoms with Crippen molar-refractivity contribution in [2.24, 2.45) is 0 Å². The number of aromatic nitrogens is 1. The highest BCUT2D eigenvalue weighted by Crippen LogP contribution is 2.14. The first kappa shape index (κ1) is 14.9. The van der Waals surface area contributed by atoms with Crippen molar-refractivity contribution >= 4 is 33.2 Å². The van der Waals surface area contributed by atoms with E-state index < -0.39 is 16.4 Å². The summed E-state index contributed by atoms with van der Waals surface area (Å²) in [4.78, 5) is 33.5. The summed E-state index contributed by atoms with van der Waals surface area (Å²) in [6.07, 6.45) is 1.05. The molecule has 0 aliphatic rings. The minimum Gasteiger partial charge on any atom is -0.325 e. The SMILES string of the molecule is O=C(Cn1cc([N+](=O)[O-])ccc1=O)Nc1ccc(Br)cc1. The normalized spacial score (nSPS) is 10.1. The molecule has 0 fully saturated rings. The second-order valence-electron chi connectivity index (χ2n) is 4.17. The Hall–Kier alpha value is -2.48. The molecule has 0 spiro atoms. The molecule has 8 heteroatoms. The Morgan fingerprint density at radius 1 is 1.24 bits per heavy atom. The molecule has 1 aromatic heterocycles. The Morgan fingerprint density at radius 3 is 2.52 bits per heavy atom. The van der Waals surface area contributed by atoms with E-state index in [4.69, 9.17) is 0 Å². The number of nitro groups is 1. The van der Waals surface area contributed by atoms with Crippen LogP contribution in [0.2, 0.25) is 0 Å². The predicted molar refractivity (Wildman–Crippen MR) is 80.1 cm³/mol. The summed E-state index contributed by atoms with van der Waals surface area (Å²) in [7, 11) is 0. The lowest BCUT2D eigenvalue weighted by atomic mass is 10.3. The molecule has 108 valence electrons. The highest BCUT2D eigenvalue weighted by Gasteiger charge is 2.10. The zero-order chi connectivity index (χ0) is 15.4. The van der Waals surface area contributed by atoms with Gasteiger partial charge in [-0.3, -0.25) is 24.3 Å². The highest BCUT2D eigenvalue weighted by atomic mass is 79.9. The number of amides is 1. The average molecular weight is 352 g/mol. The summed E-state index contributed by atoms with van der Waals surface area (Å²) in [5.41, 5.74) is -0.153. The smallest absolute Gasteiger partial charge is 0.285 e. The number of carbonyl (C=O) groups is 1. The molecule has 0 bridgehead atoms. The molecule has 0 saturated heterocycles. The van der Waals surface area contributed by atoms with Gasteiger partial charge in [-0.25, -0.2) is 0 Å². The average Bonchev–Trinajstić information content (AvgIpc) is 2.43. The molecule has 7 nitrogen and oxygen atoms in total. The Kier molecular flexibility index (Phi) is 4.49. The first-order valence-electron chi connectivity index (χ1n) is 5.86. The molecule has 1 aromatic carbocycles. The minimum atomic E-state index is -0.622. The second kappa shape index (κ2) is 6.31. The van der Waals surface area contributed by atoms with Crippen LogP contribution in [0.15, 0.2) is 51.9 Å². The third-order valence-corrected chi connectivity index (χ3v) is 3.15. The van der Waals surface area contributed by atoms with E-state index in [9.17, 15) is 19.7 Å². The van der Waals surface area contributed by atoms with Crippen LogP contribution in [-0.2, 0) is 11.3 Å². The predicted octanol–water partition coefficient (Wildman–Crippen LogP) is 2.16. The number of rotatable bonds is 4. The van der Waals surface area contributed by atoms with Crippen molar-refractivity contribution in [2.75, 3.05) is 5.32 Å². The molecule has 0 radical (unpaired) electrons. The van der Waals surface area contributed by atoms with Crippen LogP contribution in [0.25, 0.3) is 0 Å². The first-order valence-corrected chi connectivity index (χ1v) is 6.65. The van der Waals surface area contributed by atoms with Gasteiger partial charge < -0.3 is 5.32 Å². The lowest BCUT2D eigenvalue weighted by molar-refractivity contribution is -0.385. The summed E-state index contributed by atoms with van der Waals surface area (Å²) >= 11 is 3.27. The fourth-order valence-electron chi connectivity index (χ4n) is 1.64. The van der Waals surface area contributed by atoms with Crippen molar-refractivity contribution in [3.8, 4) is 0 Å². The number of pyridine rings is 1. The van der Waals surface area contributed by atoms with E-state index in [1.165, 1.54) is 0 Å². The molecule has 0 unspecified atom stereocenters. The number of nitrogens with one attached hydrogen (secondary N) is 1. The second-order valence-corrected chi connectivity index (χ2v) is 5.08. The van der Waals surface area contributed by atoms with Gasteiger partial charge in [0.25, 0.3) is 11.2 Å². The molecular formula is C13H10BrN3O4. The number of anilines is 1. The van der Waals surface area contributed by atoms with Crippen LogP contribution >= 0.6 is 15.9 Å². The molecule has 1 amide bonds. The molecule has 0 aliphatic carbocycles. The number of nitrogens with zero attached hydrogens (tertiary/aromatic N) is 2. The van der Waals surface area contributed by atoms with Gasteiger partial charge in [-0.1, -0.05) is 15.9 Å². The molecule has 2 rings (SSSR count). The van der Waals surface area contributed by atoms with E-state index in [2.05, 4.69) is 21.2 Å². The van der Waals surface area contributed by atoms with Gasteiger partial charge in [-0.05, 0) is 24.3 Å². The van der Waals surface area contributed by atoms with Crippen LogP contribution in [-0.4, -0.2) is 15.4 Å². The van der Waals surface area contributed by atoms with Gasteiger partial charge in [0, 0.05) is 22.3 Å². The van der Waals surface area contributed by atoms with Crippen LogP contribution < -0.4 is 10.9 Å². The molecule has 21 heavy (non-hydrogen) atoms. The Balaban J connectivity index is 2.12. The van der Waals surface area contributed by atoms with Gasteiger partial charge in [0.2, 0.25) is 5.91 Å². The van der Waals surface area contributed by atoms with Gasteiger partial charge in [0.05, 0.1) is 11.1 Å². The lowest BCUT2D eigenvalue weighted by Gasteiger charge is -2.07. The molecule has 1 N–H and O–H groups in total. The largest absolute Gasteiger partial charge is 0.325 e. The van der Waals surface area contributed by atoms with E-state index in [-0.39, 0.29) is 12.2 Å². The fraction of sp³-hybridized carbons (Fsp3) is 0.0769. The molecule has 2 aromatic rings. The fourth-order valence-corrected chi connectivity index (χ4v) is 1.90. The highest BCUT2D eigenvalue weighted by molar-refractivity contribution is 9.10. The van der Waals surface area contributed by atoms with Gasteiger partial charge in [-0.2, -0.15) is 0 Å². The number of carbonyl (C=O) groups excluding carboxylic acids is 1. The van der Waals surface area contributed by atoms with E-state index in [0.717, 1.165) is 27.4 Å². The number of benzene rings is 1. The number of hydrogen-bond donors (Lipinski definition) is 1.